The number of carboxylic acids is 1. The number of hydrogen-bond donors (Lipinski definition) is 1. The summed E-state index contributed by atoms with van der Waals surface area (Å²) in [6, 6.07) is 2.52. The molecule has 6 heteroatoms. The number of rotatable bonds is 5. The van der Waals surface area contributed by atoms with Crippen LogP contribution in [0, 0.1) is 5.92 Å². The van der Waals surface area contributed by atoms with Crippen LogP contribution in [-0.2, 0) is 16.1 Å². The highest BCUT2D eigenvalue weighted by atomic mass is 16.5. The van der Waals surface area contributed by atoms with E-state index in [1.165, 1.54) is 25.7 Å². The predicted octanol–water partition coefficient (Wildman–Crippen LogP) is 1.53. The predicted molar refractivity (Wildman–Crippen MR) is 76.9 cm³/mol. The molecule has 2 heterocycles. The Labute approximate surface area is 124 Å². The van der Waals surface area contributed by atoms with Crippen LogP contribution in [0.15, 0.2) is 12.3 Å². The van der Waals surface area contributed by atoms with E-state index < -0.39 is 11.9 Å². The summed E-state index contributed by atoms with van der Waals surface area (Å²) in [5, 5.41) is 13.9. The van der Waals surface area contributed by atoms with Crippen molar-refractivity contribution in [3.8, 4) is 0 Å². The summed E-state index contributed by atoms with van der Waals surface area (Å²) in [5.74, 6) is -1.22. The lowest BCUT2D eigenvalue weighted by molar-refractivity contribution is -0.143. The maximum atomic E-state index is 11.2. The van der Waals surface area contributed by atoms with Crippen molar-refractivity contribution in [1.82, 2.24) is 14.7 Å². The first kappa shape index (κ1) is 14.5. The molecule has 2 fully saturated rings. The lowest BCUT2D eigenvalue weighted by Gasteiger charge is -2.25. The van der Waals surface area contributed by atoms with Crippen molar-refractivity contribution in [1.29, 1.82) is 0 Å². The zero-order chi connectivity index (χ0) is 14.8. The zero-order valence-corrected chi connectivity index (χ0v) is 12.4. The van der Waals surface area contributed by atoms with Gasteiger partial charge in [-0.15, -0.1) is 0 Å². The van der Waals surface area contributed by atoms with Crippen molar-refractivity contribution in [3.63, 3.8) is 0 Å². The van der Waals surface area contributed by atoms with E-state index >= 15 is 0 Å². The third-order valence-corrected chi connectivity index (χ3v) is 4.71. The molecule has 1 saturated heterocycles. The van der Waals surface area contributed by atoms with E-state index in [2.05, 4.69) is 16.0 Å². The number of aliphatic carboxylic acids is 1. The Bertz CT molecular complexity index is 496. The Morgan fingerprint density at radius 2 is 2.24 bits per heavy atom. The molecule has 1 aliphatic heterocycles. The second-order valence-corrected chi connectivity index (χ2v) is 6.19. The summed E-state index contributed by atoms with van der Waals surface area (Å²) in [6.07, 6.45) is 7.07. The van der Waals surface area contributed by atoms with E-state index in [9.17, 15) is 9.90 Å². The SMILES string of the molecule is CN(Cc1ccn(C2CCCC2)n1)C1COCC1C(=O)O. The van der Waals surface area contributed by atoms with Crippen molar-refractivity contribution in [2.24, 2.45) is 5.92 Å². The number of ether oxygens (including phenoxy) is 1. The van der Waals surface area contributed by atoms with Crippen LogP contribution in [0.5, 0.6) is 0 Å². The van der Waals surface area contributed by atoms with Crippen LogP contribution in [0.4, 0.5) is 0 Å². The standard InChI is InChI=1S/C15H23N3O3/c1-17(14-10-21-9-13(14)15(19)20)8-11-6-7-18(16-11)12-4-2-3-5-12/h6-7,12-14H,2-5,8-10H2,1H3,(H,19,20). The molecule has 116 valence electrons. The van der Waals surface area contributed by atoms with Gasteiger partial charge in [0.1, 0.15) is 0 Å². The van der Waals surface area contributed by atoms with Crippen LogP contribution in [0.1, 0.15) is 37.4 Å². The Morgan fingerprint density at radius 3 is 2.95 bits per heavy atom. The second-order valence-electron chi connectivity index (χ2n) is 6.19. The third-order valence-electron chi connectivity index (χ3n) is 4.71. The number of likely N-dealkylation sites (N-methyl/N-ethyl adjacent to an activating group) is 1. The van der Waals surface area contributed by atoms with Gasteiger partial charge >= 0.3 is 5.97 Å². The summed E-state index contributed by atoms with van der Waals surface area (Å²) in [7, 11) is 1.95. The Balaban J connectivity index is 1.62. The van der Waals surface area contributed by atoms with E-state index in [4.69, 9.17) is 4.74 Å². The molecule has 3 rings (SSSR count). The smallest absolute Gasteiger partial charge is 0.310 e. The highest BCUT2D eigenvalue weighted by Crippen LogP contribution is 2.29. The van der Waals surface area contributed by atoms with Gasteiger partial charge in [-0.3, -0.25) is 14.4 Å². The molecule has 0 amide bonds. The molecule has 0 bridgehead atoms. The van der Waals surface area contributed by atoms with Gasteiger partial charge in [-0.05, 0) is 26.0 Å². The van der Waals surface area contributed by atoms with Crippen LogP contribution in [0.3, 0.4) is 0 Å². The molecule has 2 unspecified atom stereocenters. The molecule has 1 aromatic rings. The van der Waals surface area contributed by atoms with Crippen molar-refractivity contribution in [3.05, 3.63) is 18.0 Å². The number of carbonyl (C=O) groups is 1. The molecule has 1 aliphatic carbocycles. The molecule has 2 atom stereocenters. The Kier molecular flexibility index (Phi) is 4.26. The summed E-state index contributed by atoms with van der Waals surface area (Å²) in [4.78, 5) is 13.3. The molecule has 0 aromatic carbocycles. The normalized spacial score (nSPS) is 26.8. The lowest BCUT2D eigenvalue weighted by Crippen LogP contribution is -2.40. The van der Waals surface area contributed by atoms with Crippen LogP contribution < -0.4 is 0 Å². The summed E-state index contributed by atoms with van der Waals surface area (Å²) < 4.78 is 7.41. The average Bonchev–Trinajstić information content (AvgIpc) is 3.19. The van der Waals surface area contributed by atoms with Gasteiger partial charge in [0.05, 0.1) is 30.9 Å². The Morgan fingerprint density at radius 1 is 1.48 bits per heavy atom. The number of aromatic nitrogens is 2. The van der Waals surface area contributed by atoms with Crippen molar-refractivity contribution < 1.29 is 14.6 Å². The molecular formula is C15H23N3O3. The quantitative estimate of drug-likeness (QED) is 0.891. The minimum atomic E-state index is -0.777. The van der Waals surface area contributed by atoms with Gasteiger partial charge in [-0.25, -0.2) is 0 Å². The fourth-order valence-electron chi connectivity index (χ4n) is 3.42. The monoisotopic (exact) mass is 293 g/mol. The van der Waals surface area contributed by atoms with Gasteiger partial charge in [0, 0.05) is 18.8 Å². The number of nitrogens with zero attached hydrogens (tertiary/aromatic N) is 3. The fourth-order valence-corrected chi connectivity index (χ4v) is 3.42. The van der Waals surface area contributed by atoms with Gasteiger partial charge < -0.3 is 9.84 Å². The van der Waals surface area contributed by atoms with Crippen LogP contribution in [-0.4, -0.2) is 52.1 Å². The first-order chi connectivity index (χ1) is 10.1. The van der Waals surface area contributed by atoms with E-state index in [-0.39, 0.29) is 6.04 Å². The lowest BCUT2D eigenvalue weighted by atomic mass is 10.0. The maximum Gasteiger partial charge on any atom is 0.310 e. The molecule has 1 saturated carbocycles. The summed E-state index contributed by atoms with van der Waals surface area (Å²) in [5.41, 5.74) is 1.00. The van der Waals surface area contributed by atoms with Crippen LogP contribution >= 0.6 is 0 Å². The second kappa shape index (κ2) is 6.15. The van der Waals surface area contributed by atoms with Gasteiger partial charge in [0.15, 0.2) is 0 Å². The van der Waals surface area contributed by atoms with E-state index in [1.807, 2.05) is 18.0 Å². The van der Waals surface area contributed by atoms with Gasteiger partial charge in [0.2, 0.25) is 0 Å². The van der Waals surface area contributed by atoms with Crippen LogP contribution in [0.2, 0.25) is 0 Å². The zero-order valence-electron chi connectivity index (χ0n) is 12.4. The Hall–Kier alpha value is -1.40. The average molecular weight is 293 g/mol. The van der Waals surface area contributed by atoms with Crippen molar-refractivity contribution in [2.75, 3.05) is 20.3 Å². The third kappa shape index (κ3) is 3.11. The first-order valence-electron chi connectivity index (χ1n) is 7.70. The molecule has 6 nitrogen and oxygen atoms in total. The van der Waals surface area contributed by atoms with E-state index in [0.29, 0.717) is 25.8 Å². The number of carboxylic acid groups (broad SMARTS) is 1. The molecule has 2 aliphatic rings. The fraction of sp³-hybridized carbons (Fsp3) is 0.733. The number of hydrogen-bond acceptors (Lipinski definition) is 4. The minimum Gasteiger partial charge on any atom is -0.481 e. The van der Waals surface area contributed by atoms with Crippen LogP contribution in [0.25, 0.3) is 0 Å². The van der Waals surface area contributed by atoms with E-state index in [0.717, 1.165) is 5.69 Å². The maximum absolute atomic E-state index is 11.2. The largest absolute Gasteiger partial charge is 0.481 e. The van der Waals surface area contributed by atoms with Gasteiger partial charge in [-0.2, -0.15) is 5.10 Å². The summed E-state index contributed by atoms with van der Waals surface area (Å²) >= 11 is 0. The molecule has 1 N–H and O–H groups in total. The molecule has 1 aromatic heterocycles. The summed E-state index contributed by atoms with van der Waals surface area (Å²) in [6.45, 7) is 1.45. The van der Waals surface area contributed by atoms with Gasteiger partial charge in [-0.1, -0.05) is 12.8 Å². The van der Waals surface area contributed by atoms with Crippen molar-refractivity contribution in [2.45, 2.75) is 44.3 Å². The topological polar surface area (TPSA) is 67.6 Å². The first-order valence-corrected chi connectivity index (χ1v) is 7.70. The highest BCUT2D eigenvalue weighted by Gasteiger charge is 2.36. The molecule has 0 spiro atoms. The molecule has 0 radical (unpaired) electrons. The minimum absolute atomic E-state index is 0.0702. The van der Waals surface area contributed by atoms with Gasteiger partial charge in [0.25, 0.3) is 0 Å². The molecule has 21 heavy (non-hydrogen) atoms. The highest BCUT2D eigenvalue weighted by molar-refractivity contribution is 5.71. The molecular weight excluding hydrogens is 270 g/mol. The van der Waals surface area contributed by atoms with E-state index in [1.54, 1.807) is 0 Å². The van der Waals surface area contributed by atoms with Crippen molar-refractivity contribution >= 4 is 5.97 Å².